The van der Waals surface area contributed by atoms with Crippen LogP contribution in [0, 0.1) is 5.41 Å². The molecule has 0 aliphatic rings. The summed E-state index contributed by atoms with van der Waals surface area (Å²) in [4.78, 5) is 3.79. The van der Waals surface area contributed by atoms with Crippen molar-refractivity contribution in [1.29, 1.82) is 5.41 Å². The maximum atomic E-state index is 6.96. The minimum absolute atomic E-state index is 0.286. The van der Waals surface area contributed by atoms with Crippen molar-refractivity contribution in [2.75, 3.05) is 7.11 Å². The van der Waals surface area contributed by atoms with E-state index in [-0.39, 0.29) is 5.84 Å². The van der Waals surface area contributed by atoms with Crippen molar-refractivity contribution >= 4 is 11.7 Å². The number of nitrogens with one attached hydrogen (secondary N) is 1. The van der Waals surface area contributed by atoms with Crippen molar-refractivity contribution in [2.45, 2.75) is 20.3 Å². The molecule has 9 heavy (non-hydrogen) atoms. The third-order valence-corrected chi connectivity index (χ3v) is 0.830. The van der Waals surface area contributed by atoms with Gasteiger partial charge in [-0.1, -0.05) is 6.92 Å². The Kier molecular flexibility index (Phi) is 3.67. The van der Waals surface area contributed by atoms with Gasteiger partial charge < -0.3 is 4.74 Å². The van der Waals surface area contributed by atoms with E-state index in [1.807, 2.05) is 6.92 Å². The Morgan fingerprint density at radius 3 is 2.33 bits per heavy atom. The first-order valence-electron chi connectivity index (χ1n) is 2.87. The van der Waals surface area contributed by atoms with Gasteiger partial charge in [-0.05, 0) is 6.92 Å². The molecule has 1 N–H and O–H groups in total. The minimum atomic E-state index is 0.286. The summed E-state index contributed by atoms with van der Waals surface area (Å²) >= 11 is 0. The molecule has 0 spiro atoms. The molecular weight excluding hydrogens is 116 g/mol. The van der Waals surface area contributed by atoms with Crippen molar-refractivity contribution < 1.29 is 4.74 Å². The van der Waals surface area contributed by atoms with Crippen molar-refractivity contribution in [1.82, 2.24) is 0 Å². The highest BCUT2D eigenvalue weighted by Gasteiger charge is 1.91. The first-order chi connectivity index (χ1) is 4.20. The molecule has 0 aromatic carbocycles. The van der Waals surface area contributed by atoms with E-state index in [0.717, 1.165) is 6.42 Å². The Labute approximate surface area is 55.3 Å². The van der Waals surface area contributed by atoms with Gasteiger partial charge in [0.25, 0.3) is 0 Å². The van der Waals surface area contributed by atoms with Gasteiger partial charge in [0.1, 0.15) is 5.84 Å². The van der Waals surface area contributed by atoms with Crippen LogP contribution in [0.3, 0.4) is 0 Å². The predicted molar refractivity (Wildman–Crippen MR) is 38.1 cm³/mol. The van der Waals surface area contributed by atoms with Crippen molar-refractivity contribution in [3.05, 3.63) is 0 Å². The lowest BCUT2D eigenvalue weighted by Crippen LogP contribution is -2.01. The number of methoxy groups -OCH3 is 1. The Hall–Kier alpha value is -0.860. The normalized spacial score (nSPS) is 11.2. The average molecular weight is 128 g/mol. The fraction of sp³-hybridized carbons (Fsp3) is 0.667. The van der Waals surface area contributed by atoms with Crippen LogP contribution < -0.4 is 0 Å². The number of aliphatic imine (C=N–C) groups is 1. The van der Waals surface area contributed by atoms with E-state index in [2.05, 4.69) is 4.99 Å². The number of rotatable bonds is 1. The number of hydrogen-bond donors (Lipinski definition) is 1. The maximum absolute atomic E-state index is 6.96. The molecule has 0 saturated carbocycles. The molecule has 0 radical (unpaired) electrons. The lowest BCUT2D eigenvalue weighted by molar-refractivity contribution is 0.393. The summed E-state index contributed by atoms with van der Waals surface area (Å²) < 4.78 is 4.82. The van der Waals surface area contributed by atoms with Crippen molar-refractivity contribution in [2.24, 2.45) is 4.99 Å². The lowest BCUT2D eigenvalue weighted by atomic mass is 10.5. The topological polar surface area (TPSA) is 45.4 Å². The van der Waals surface area contributed by atoms with Gasteiger partial charge in [-0.25, -0.2) is 4.99 Å². The van der Waals surface area contributed by atoms with E-state index in [1.54, 1.807) is 14.0 Å². The van der Waals surface area contributed by atoms with E-state index in [0.29, 0.717) is 5.90 Å². The van der Waals surface area contributed by atoms with Crippen LogP contribution in [0.25, 0.3) is 0 Å². The maximum Gasteiger partial charge on any atom is 0.188 e. The third-order valence-electron chi connectivity index (χ3n) is 0.830. The molecule has 0 aromatic heterocycles. The summed E-state index contributed by atoms with van der Waals surface area (Å²) in [5.41, 5.74) is 0. The number of ether oxygens (including phenoxy) is 1. The second-order valence-corrected chi connectivity index (χ2v) is 1.65. The average Bonchev–Trinajstić information content (AvgIpc) is 1.82. The smallest absolute Gasteiger partial charge is 0.188 e. The summed E-state index contributed by atoms with van der Waals surface area (Å²) in [7, 11) is 1.56. The van der Waals surface area contributed by atoms with Crippen LogP contribution in [-0.2, 0) is 4.74 Å². The molecule has 0 aliphatic heterocycles. The molecule has 0 heterocycles. The zero-order chi connectivity index (χ0) is 7.28. The van der Waals surface area contributed by atoms with Crippen LogP contribution in [-0.4, -0.2) is 18.8 Å². The standard InChI is InChI=1S/C6H12N2O/c1-4-6(9-3)8-5(2)7/h7H,4H2,1-3H3/b7-5?,8-6-. The third kappa shape index (κ3) is 3.70. The largest absolute Gasteiger partial charge is 0.484 e. The van der Waals surface area contributed by atoms with Gasteiger partial charge in [-0.3, -0.25) is 5.41 Å². The van der Waals surface area contributed by atoms with Crippen molar-refractivity contribution in [3.8, 4) is 0 Å². The van der Waals surface area contributed by atoms with E-state index in [9.17, 15) is 0 Å². The molecule has 3 heteroatoms. The molecule has 0 amide bonds. The predicted octanol–water partition coefficient (Wildman–Crippen LogP) is 1.44. The second kappa shape index (κ2) is 4.06. The van der Waals surface area contributed by atoms with Crippen LogP contribution in [0.4, 0.5) is 0 Å². The summed E-state index contributed by atoms with van der Waals surface area (Å²) in [5, 5.41) is 6.96. The molecule has 0 unspecified atom stereocenters. The summed E-state index contributed by atoms with van der Waals surface area (Å²) in [6.45, 7) is 3.56. The highest BCUT2D eigenvalue weighted by atomic mass is 16.5. The molecule has 52 valence electrons. The van der Waals surface area contributed by atoms with Gasteiger partial charge in [-0.15, -0.1) is 0 Å². The summed E-state index contributed by atoms with van der Waals surface area (Å²) in [6, 6.07) is 0. The number of nitrogens with zero attached hydrogens (tertiary/aromatic N) is 1. The van der Waals surface area contributed by atoms with Crippen LogP contribution in [0.15, 0.2) is 4.99 Å². The fourth-order valence-corrected chi connectivity index (χ4v) is 0.456. The van der Waals surface area contributed by atoms with Gasteiger partial charge >= 0.3 is 0 Å². The molecule has 0 bridgehead atoms. The Bertz CT molecular complexity index is 123. The molecule has 0 aromatic rings. The van der Waals surface area contributed by atoms with E-state index < -0.39 is 0 Å². The van der Waals surface area contributed by atoms with Crippen molar-refractivity contribution in [3.63, 3.8) is 0 Å². The van der Waals surface area contributed by atoms with Crippen LogP contribution in [0.5, 0.6) is 0 Å². The van der Waals surface area contributed by atoms with Gasteiger partial charge in [0.15, 0.2) is 5.90 Å². The fourth-order valence-electron chi connectivity index (χ4n) is 0.456. The summed E-state index contributed by atoms with van der Waals surface area (Å²) in [6.07, 6.45) is 0.743. The number of amidine groups is 1. The van der Waals surface area contributed by atoms with E-state index in [4.69, 9.17) is 10.1 Å². The van der Waals surface area contributed by atoms with E-state index in [1.165, 1.54) is 0 Å². The Morgan fingerprint density at radius 2 is 2.22 bits per heavy atom. The van der Waals surface area contributed by atoms with Gasteiger partial charge in [0, 0.05) is 6.42 Å². The monoisotopic (exact) mass is 128 g/mol. The SMILES string of the molecule is CC/C(=N/C(C)=N)OC. The highest BCUT2D eigenvalue weighted by molar-refractivity contribution is 5.91. The van der Waals surface area contributed by atoms with Crippen LogP contribution in [0.1, 0.15) is 20.3 Å². The quantitative estimate of drug-likeness (QED) is 0.421. The Balaban J connectivity index is 3.91. The first-order valence-corrected chi connectivity index (χ1v) is 2.87. The first kappa shape index (κ1) is 8.14. The molecule has 0 aliphatic carbocycles. The molecule has 3 nitrogen and oxygen atoms in total. The summed E-state index contributed by atoms with van der Waals surface area (Å²) in [5.74, 6) is 0.899. The lowest BCUT2D eigenvalue weighted by Gasteiger charge is -1.98. The molecule has 0 atom stereocenters. The molecule has 0 fully saturated rings. The van der Waals surface area contributed by atoms with E-state index >= 15 is 0 Å². The zero-order valence-electron chi connectivity index (χ0n) is 6.06. The van der Waals surface area contributed by atoms with Gasteiger partial charge in [0.2, 0.25) is 0 Å². The van der Waals surface area contributed by atoms with Crippen LogP contribution in [0.2, 0.25) is 0 Å². The number of hydrogen-bond acceptors (Lipinski definition) is 2. The molecular formula is C6H12N2O. The highest BCUT2D eigenvalue weighted by Crippen LogP contribution is 1.86. The van der Waals surface area contributed by atoms with Gasteiger partial charge in [-0.2, -0.15) is 0 Å². The minimum Gasteiger partial charge on any atom is -0.484 e. The zero-order valence-corrected chi connectivity index (χ0v) is 6.06. The second-order valence-electron chi connectivity index (χ2n) is 1.65. The molecule has 0 rings (SSSR count). The van der Waals surface area contributed by atoms with Crippen LogP contribution >= 0.6 is 0 Å². The van der Waals surface area contributed by atoms with Gasteiger partial charge in [0.05, 0.1) is 7.11 Å². The molecule has 0 saturated heterocycles. The Morgan fingerprint density at radius 1 is 1.67 bits per heavy atom.